The van der Waals surface area contributed by atoms with Crippen LogP contribution in [0.4, 0.5) is 0 Å². The highest BCUT2D eigenvalue weighted by atomic mass is 16.5. The number of esters is 1. The number of hydrazone groups is 1. The predicted octanol–water partition coefficient (Wildman–Crippen LogP) is 2.60. The Bertz CT molecular complexity index is 936. The van der Waals surface area contributed by atoms with Crippen LogP contribution < -0.4 is 10.2 Å². The maximum Gasteiger partial charge on any atom is 0.340 e. The van der Waals surface area contributed by atoms with E-state index in [1.807, 2.05) is 6.07 Å². The van der Waals surface area contributed by atoms with Crippen LogP contribution in [-0.4, -0.2) is 35.8 Å². The molecule has 0 atom stereocenters. The van der Waals surface area contributed by atoms with Crippen LogP contribution in [0.2, 0.25) is 0 Å². The molecule has 0 fully saturated rings. The minimum atomic E-state index is -0.435. The van der Waals surface area contributed by atoms with Crippen molar-refractivity contribution in [3.8, 4) is 11.8 Å². The third-order valence-electron chi connectivity index (χ3n) is 3.98. The van der Waals surface area contributed by atoms with E-state index in [1.54, 1.807) is 52.0 Å². The molecular weight excluding hydrogens is 360 g/mol. The molecule has 146 valence electrons. The first-order chi connectivity index (χ1) is 13.4. The van der Waals surface area contributed by atoms with Gasteiger partial charge in [0.15, 0.2) is 6.61 Å². The second-order valence-electron chi connectivity index (χ2n) is 6.00. The van der Waals surface area contributed by atoms with Crippen LogP contribution in [-0.2, 0) is 9.53 Å². The largest absolute Gasteiger partial charge is 0.484 e. The summed E-state index contributed by atoms with van der Waals surface area (Å²) in [4.78, 5) is 27.1. The molecule has 0 aliphatic heterocycles. The summed E-state index contributed by atoms with van der Waals surface area (Å²) in [5.41, 5.74) is 5.95. The Labute approximate surface area is 163 Å². The van der Waals surface area contributed by atoms with Crippen molar-refractivity contribution in [1.82, 2.24) is 10.4 Å². The van der Waals surface area contributed by atoms with Gasteiger partial charge in [0.05, 0.1) is 35.2 Å². The molecule has 0 aliphatic rings. The quantitative estimate of drug-likeness (QED) is 0.434. The Morgan fingerprint density at radius 1 is 1.25 bits per heavy atom. The zero-order valence-electron chi connectivity index (χ0n) is 16.3. The smallest absolute Gasteiger partial charge is 0.340 e. The number of carbonyl (C=O) groups excluding carboxylic acids is 2. The lowest BCUT2D eigenvalue weighted by Gasteiger charge is -2.06. The van der Waals surface area contributed by atoms with E-state index >= 15 is 0 Å². The fourth-order valence-electron chi connectivity index (χ4n) is 2.63. The van der Waals surface area contributed by atoms with Crippen molar-refractivity contribution in [3.05, 3.63) is 52.3 Å². The third-order valence-corrected chi connectivity index (χ3v) is 3.98. The normalized spacial score (nSPS) is 10.9. The van der Waals surface area contributed by atoms with Crippen molar-refractivity contribution in [1.29, 1.82) is 5.26 Å². The van der Waals surface area contributed by atoms with Crippen LogP contribution in [0.5, 0.6) is 5.75 Å². The van der Waals surface area contributed by atoms with Crippen LogP contribution in [0.25, 0.3) is 0 Å². The van der Waals surface area contributed by atoms with E-state index < -0.39 is 11.9 Å². The lowest BCUT2D eigenvalue weighted by atomic mass is 10.1. The monoisotopic (exact) mass is 382 g/mol. The summed E-state index contributed by atoms with van der Waals surface area (Å²) in [6.45, 7) is 7.10. The first-order valence-corrected chi connectivity index (χ1v) is 8.70. The maximum atomic E-state index is 12.1. The molecule has 2 rings (SSSR count). The van der Waals surface area contributed by atoms with Gasteiger partial charge in [-0.25, -0.2) is 10.2 Å². The average molecular weight is 382 g/mol. The topological polar surface area (TPSA) is 117 Å². The molecule has 0 saturated heterocycles. The third kappa shape index (κ3) is 4.98. The molecule has 28 heavy (non-hydrogen) atoms. The molecule has 0 saturated carbocycles. The zero-order valence-corrected chi connectivity index (χ0v) is 16.3. The van der Waals surface area contributed by atoms with Crippen LogP contribution in [0.3, 0.4) is 0 Å². The van der Waals surface area contributed by atoms with Crippen molar-refractivity contribution >= 4 is 17.6 Å². The van der Waals surface area contributed by atoms with Crippen LogP contribution in [0, 0.1) is 25.2 Å². The lowest BCUT2D eigenvalue weighted by molar-refractivity contribution is -0.123. The molecule has 0 radical (unpaired) electrons. The number of H-pyrrole nitrogens is 1. The summed E-state index contributed by atoms with van der Waals surface area (Å²) >= 11 is 0. The number of nitriles is 1. The van der Waals surface area contributed by atoms with Crippen molar-refractivity contribution < 1.29 is 19.1 Å². The molecule has 0 aliphatic carbocycles. The molecule has 0 spiro atoms. The van der Waals surface area contributed by atoms with Gasteiger partial charge < -0.3 is 14.5 Å². The van der Waals surface area contributed by atoms with Crippen LogP contribution in [0.15, 0.2) is 29.4 Å². The number of hydrogen-bond acceptors (Lipinski definition) is 6. The molecule has 8 nitrogen and oxygen atoms in total. The Morgan fingerprint density at radius 3 is 2.54 bits per heavy atom. The molecular formula is C20H22N4O4. The van der Waals surface area contributed by atoms with Crippen molar-refractivity contribution in [2.75, 3.05) is 13.2 Å². The second-order valence-corrected chi connectivity index (χ2v) is 6.00. The van der Waals surface area contributed by atoms with Gasteiger partial charge in [0.2, 0.25) is 0 Å². The van der Waals surface area contributed by atoms with Gasteiger partial charge in [-0.1, -0.05) is 0 Å². The van der Waals surface area contributed by atoms with Crippen molar-refractivity contribution in [2.45, 2.75) is 27.7 Å². The van der Waals surface area contributed by atoms with Gasteiger partial charge in [-0.15, -0.1) is 0 Å². The van der Waals surface area contributed by atoms with E-state index in [1.165, 1.54) is 0 Å². The molecule has 1 aromatic heterocycles. The van der Waals surface area contributed by atoms with E-state index in [0.29, 0.717) is 46.1 Å². The van der Waals surface area contributed by atoms with Gasteiger partial charge in [0, 0.05) is 5.69 Å². The van der Waals surface area contributed by atoms with Crippen LogP contribution in [0.1, 0.15) is 46.7 Å². The number of benzene rings is 1. The summed E-state index contributed by atoms with van der Waals surface area (Å²) in [7, 11) is 0. The number of aryl methyl sites for hydroxylation is 1. The first-order valence-electron chi connectivity index (χ1n) is 8.70. The standard InChI is InChI=1S/C20H22N4O4/c1-5-27-20(26)18-12(2)19(22-13(18)3)14(4)23-24-17(25)11-28-16-8-6-15(10-21)7-9-16/h6-9,22H,5,11H2,1-4H3,(H,24,25)/b23-14+. The van der Waals surface area contributed by atoms with Crippen LogP contribution >= 0.6 is 0 Å². The Balaban J connectivity index is 1.99. The molecule has 8 heteroatoms. The summed E-state index contributed by atoms with van der Waals surface area (Å²) in [6, 6.07) is 8.44. The Morgan fingerprint density at radius 2 is 1.93 bits per heavy atom. The summed E-state index contributed by atoms with van der Waals surface area (Å²) in [6.07, 6.45) is 0. The Hall–Kier alpha value is -3.60. The minimum Gasteiger partial charge on any atom is -0.484 e. The SMILES string of the molecule is CCOC(=O)c1c(C)[nH]c(/C(C)=N/NC(=O)COc2ccc(C#N)cc2)c1C. The van der Waals surface area contributed by atoms with Crippen molar-refractivity contribution in [3.63, 3.8) is 0 Å². The Kier molecular flexibility index (Phi) is 6.93. The average Bonchev–Trinajstić information content (AvgIpc) is 2.99. The first kappa shape index (κ1) is 20.7. The fourth-order valence-corrected chi connectivity index (χ4v) is 2.63. The van der Waals surface area contributed by atoms with E-state index in [2.05, 4.69) is 15.5 Å². The number of carbonyl (C=O) groups is 2. The number of ether oxygens (including phenoxy) is 2. The highest BCUT2D eigenvalue weighted by Gasteiger charge is 2.20. The molecule has 1 amide bonds. The lowest BCUT2D eigenvalue weighted by Crippen LogP contribution is -2.25. The van der Waals surface area contributed by atoms with E-state index in [9.17, 15) is 9.59 Å². The fraction of sp³-hybridized carbons (Fsp3) is 0.300. The number of nitrogens with one attached hydrogen (secondary N) is 2. The number of rotatable bonds is 7. The van der Waals surface area contributed by atoms with E-state index in [0.717, 1.165) is 0 Å². The minimum absolute atomic E-state index is 0.223. The second kappa shape index (κ2) is 9.37. The van der Waals surface area contributed by atoms with Gasteiger partial charge >= 0.3 is 5.97 Å². The summed E-state index contributed by atoms with van der Waals surface area (Å²) in [5.74, 6) is -0.354. The summed E-state index contributed by atoms with van der Waals surface area (Å²) < 4.78 is 10.4. The summed E-state index contributed by atoms with van der Waals surface area (Å²) in [5, 5.41) is 12.8. The highest BCUT2D eigenvalue weighted by molar-refractivity contribution is 6.03. The van der Waals surface area contributed by atoms with Gasteiger partial charge in [0.1, 0.15) is 5.75 Å². The molecule has 0 unspecified atom stereocenters. The van der Waals surface area contributed by atoms with E-state index in [4.69, 9.17) is 14.7 Å². The number of amides is 1. The van der Waals surface area contributed by atoms with Gasteiger partial charge in [-0.2, -0.15) is 10.4 Å². The van der Waals surface area contributed by atoms with Crippen molar-refractivity contribution in [2.24, 2.45) is 5.10 Å². The number of aromatic amines is 1. The molecule has 0 bridgehead atoms. The number of hydrogen-bond donors (Lipinski definition) is 2. The zero-order chi connectivity index (χ0) is 20.7. The van der Waals surface area contributed by atoms with Gasteiger partial charge in [-0.3, -0.25) is 4.79 Å². The van der Waals surface area contributed by atoms with Gasteiger partial charge in [-0.05, 0) is 57.5 Å². The highest BCUT2D eigenvalue weighted by Crippen LogP contribution is 2.19. The molecule has 1 aromatic carbocycles. The molecule has 2 N–H and O–H groups in total. The maximum absolute atomic E-state index is 12.1. The predicted molar refractivity (Wildman–Crippen MR) is 103 cm³/mol. The molecule has 2 aromatic rings. The molecule has 1 heterocycles. The number of aromatic nitrogens is 1. The van der Waals surface area contributed by atoms with Gasteiger partial charge in [0.25, 0.3) is 5.91 Å². The van der Waals surface area contributed by atoms with E-state index in [-0.39, 0.29) is 6.61 Å². The number of nitrogens with zero attached hydrogens (tertiary/aromatic N) is 2.